The molecule has 1 heterocycles. The zero-order valence-corrected chi connectivity index (χ0v) is 11.2. The van der Waals surface area contributed by atoms with Gasteiger partial charge in [-0.3, -0.25) is 9.48 Å². The molecule has 0 radical (unpaired) electrons. The molecule has 0 bridgehead atoms. The summed E-state index contributed by atoms with van der Waals surface area (Å²) >= 11 is 5.89. The van der Waals surface area contributed by atoms with E-state index in [9.17, 15) is 4.79 Å². The number of benzene rings is 1. The highest BCUT2D eigenvalue weighted by molar-refractivity contribution is 6.30. The summed E-state index contributed by atoms with van der Waals surface area (Å²) in [6.07, 6.45) is 4.40. The van der Waals surface area contributed by atoms with Gasteiger partial charge in [-0.05, 0) is 37.1 Å². The van der Waals surface area contributed by atoms with E-state index in [4.69, 9.17) is 11.6 Å². The van der Waals surface area contributed by atoms with Crippen LogP contribution in [0.5, 0.6) is 0 Å². The number of carbonyl (C=O) groups is 1. The third kappa shape index (κ3) is 2.62. The summed E-state index contributed by atoms with van der Waals surface area (Å²) in [6, 6.07) is 5.29. The molecule has 0 saturated carbocycles. The van der Waals surface area contributed by atoms with Gasteiger partial charge in [0.15, 0.2) is 5.78 Å². The molecule has 0 spiro atoms. The first-order chi connectivity index (χ1) is 8.61. The average molecular weight is 263 g/mol. The third-order valence-corrected chi connectivity index (χ3v) is 3.02. The maximum absolute atomic E-state index is 12.3. The van der Waals surface area contributed by atoms with Crippen LogP contribution in [0.25, 0.3) is 0 Å². The monoisotopic (exact) mass is 262 g/mol. The Kier molecular flexibility index (Phi) is 3.82. The summed E-state index contributed by atoms with van der Waals surface area (Å²) in [6.45, 7) is 4.79. The zero-order valence-electron chi connectivity index (χ0n) is 10.5. The maximum atomic E-state index is 12.3. The van der Waals surface area contributed by atoms with Gasteiger partial charge in [-0.25, -0.2) is 0 Å². The van der Waals surface area contributed by atoms with E-state index in [1.807, 2.05) is 6.92 Å². The molecule has 2 rings (SSSR count). The number of aryl methyl sites for hydroxylation is 2. The molecule has 0 unspecified atom stereocenters. The van der Waals surface area contributed by atoms with Gasteiger partial charge >= 0.3 is 0 Å². The second-order valence-corrected chi connectivity index (χ2v) is 4.72. The highest BCUT2D eigenvalue weighted by Gasteiger charge is 2.13. The number of nitrogens with zero attached hydrogens (tertiary/aromatic N) is 2. The van der Waals surface area contributed by atoms with Crippen molar-refractivity contribution in [2.24, 2.45) is 0 Å². The van der Waals surface area contributed by atoms with E-state index in [0.29, 0.717) is 16.1 Å². The van der Waals surface area contributed by atoms with Crippen molar-refractivity contribution in [1.29, 1.82) is 0 Å². The van der Waals surface area contributed by atoms with E-state index in [2.05, 4.69) is 12.0 Å². The largest absolute Gasteiger partial charge is 0.288 e. The van der Waals surface area contributed by atoms with Crippen molar-refractivity contribution in [3.8, 4) is 0 Å². The number of hydrogen-bond acceptors (Lipinski definition) is 2. The van der Waals surface area contributed by atoms with E-state index < -0.39 is 0 Å². The first-order valence-corrected chi connectivity index (χ1v) is 6.33. The van der Waals surface area contributed by atoms with Crippen LogP contribution in [0.3, 0.4) is 0 Å². The highest BCUT2D eigenvalue weighted by atomic mass is 35.5. The Morgan fingerprint density at radius 2 is 2.22 bits per heavy atom. The normalized spacial score (nSPS) is 10.6. The molecule has 0 fully saturated rings. The van der Waals surface area contributed by atoms with Crippen molar-refractivity contribution in [2.75, 3.05) is 0 Å². The fourth-order valence-electron chi connectivity index (χ4n) is 1.87. The molecule has 0 atom stereocenters. The Morgan fingerprint density at radius 3 is 2.89 bits per heavy atom. The zero-order chi connectivity index (χ0) is 13.1. The van der Waals surface area contributed by atoms with Crippen LogP contribution in [0.2, 0.25) is 5.02 Å². The van der Waals surface area contributed by atoms with Crippen LogP contribution < -0.4 is 0 Å². The molecule has 0 aliphatic rings. The van der Waals surface area contributed by atoms with E-state index in [0.717, 1.165) is 18.5 Å². The SMILES string of the molecule is CCCn1cc(C(=O)c2ccc(Cl)cc2C)cn1. The van der Waals surface area contributed by atoms with Gasteiger partial charge < -0.3 is 0 Å². The van der Waals surface area contributed by atoms with Crippen LogP contribution >= 0.6 is 11.6 Å². The fraction of sp³-hybridized carbons (Fsp3) is 0.286. The molecule has 0 N–H and O–H groups in total. The highest BCUT2D eigenvalue weighted by Crippen LogP contribution is 2.18. The molecule has 4 heteroatoms. The number of rotatable bonds is 4. The Bertz CT molecular complexity index is 575. The molecular formula is C14H15ClN2O. The standard InChI is InChI=1S/C14H15ClN2O/c1-3-6-17-9-11(8-16-17)14(18)13-5-4-12(15)7-10(13)2/h4-5,7-9H,3,6H2,1-2H3. The van der Waals surface area contributed by atoms with E-state index in [1.165, 1.54) is 0 Å². The lowest BCUT2D eigenvalue weighted by atomic mass is 10.0. The van der Waals surface area contributed by atoms with E-state index in [1.54, 1.807) is 35.3 Å². The van der Waals surface area contributed by atoms with Crippen molar-refractivity contribution >= 4 is 17.4 Å². The summed E-state index contributed by atoms with van der Waals surface area (Å²) in [7, 11) is 0. The summed E-state index contributed by atoms with van der Waals surface area (Å²) in [5.74, 6) is -0.00785. The number of ketones is 1. The summed E-state index contributed by atoms with van der Waals surface area (Å²) in [4.78, 5) is 12.3. The minimum atomic E-state index is -0.00785. The van der Waals surface area contributed by atoms with Gasteiger partial charge in [-0.2, -0.15) is 5.10 Å². The Labute approximate surface area is 111 Å². The molecule has 3 nitrogen and oxygen atoms in total. The van der Waals surface area contributed by atoms with Crippen LogP contribution in [0, 0.1) is 6.92 Å². The Morgan fingerprint density at radius 1 is 1.44 bits per heavy atom. The topological polar surface area (TPSA) is 34.9 Å². The lowest BCUT2D eigenvalue weighted by Crippen LogP contribution is -2.03. The van der Waals surface area contributed by atoms with Crippen LogP contribution in [0.4, 0.5) is 0 Å². The van der Waals surface area contributed by atoms with E-state index >= 15 is 0 Å². The predicted octanol–water partition coefficient (Wildman–Crippen LogP) is 3.49. The van der Waals surface area contributed by atoms with Crippen molar-refractivity contribution in [3.05, 3.63) is 52.3 Å². The van der Waals surface area contributed by atoms with Crippen LogP contribution in [0.15, 0.2) is 30.6 Å². The van der Waals surface area contributed by atoms with Gasteiger partial charge in [0, 0.05) is 23.3 Å². The number of hydrogen-bond donors (Lipinski definition) is 0. The molecule has 1 aromatic carbocycles. The van der Waals surface area contributed by atoms with Crippen molar-refractivity contribution in [2.45, 2.75) is 26.8 Å². The molecule has 1 aromatic heterocycles. The molecule has 18 heavy (non-hydrogen) atoms. The quantitative estimate of drug-likeness (QED) is 0.791. The molecule has 0 aliphatic heterocycles. The molecule has 0 aliphatic carbocycles. The molecular weight excluding hydrogens is 248 g/mol. The van der Waals surface area contributed by atoms with Gasteiger partial charge in [0.05, 0.1) is 11.8 Å². The van der Waals surface area contributed by atoms with Gasteiger partial charge in [0.2, 0.25) is 0 Å². The predicted molar refractivity (Wildman–Crippen MR) is 72.1 cm³/mol. The Hall–Kier alpha value is -1.61. The first kappa shape index (κ1) is 12.8. The molecule has 2 aromatic rings. The minimum Gasteiger partial charge on any atom is -0.288 e. The summed E-state index contributed by atoms with van der Waals surface area (Å²) < 4.78 is 1.79. The second kappa shape index (κ2) is 5.36. The second-order valence-electron chi connectivity index (χ2n) is 4.28. The van der Waals surface area contributed by atoms with Crippen molar-refractivity contribution in [1.82, 2.24) is 9.78 Å². The molecule has 0 amide bonds. The van der Waals surface area contributed by atoms with Gasteiger partial charge in [-0.1, -0.05) is 18.5 Å². The summed E-state index contributed by atoms with van der Waals surface area (Å²) in [5.41, 5.74) is 2.18. The van der Waals surface area contributed by atoms with E-state index in [-0.39, 0.29) is 5.78 Å². The van der Waals surface area contributed by atoms with Gasteiger partial charge in [0.25, 0.3) is 0 Å². The number of halogens is 1. The Balaban J connectivity index is 2.29. The van der Waals surface area contributed by atoms with Gasteiger partial charge in [0.1, 0.15) is 0 Å². The lowest BCUT2D eigenvalue weighted by molar-refractivity contribution is 0.103. The maximum Gasteiger partial charge on any atom is 0.196 e. The smallest absolute Gasteiger partial charge is 0.196 e. The number of carbonyl (C=O) groups excluding carboxylic acids is 1. The van der Waals surface area contributed by atoms with Crippen molar-refractivity contribution < 1.29 is 4.79 Å². The molecule has 0 saturated heterocycles. The minimum absolute atomic E-state index is 0.00785. The van der Waals surface area contributed by atoms with Gasteiger partial charge in [-0.15, -0.1) is 0 Å². The van der Waals surface area contributed by atoms with Crippen molar-refractivity contribution in [3.63, 3.8) is 0 Å². The number of aromatic nitrogens is 2. The molecule has 94 valence electrons. The van der Waals surface area contributed by atoms with Crippen LogP contribution in [-0.4, -0.2) is 15.6 Å². The first-order valence-electron chi connectivity index (χ1n) is 5.95. The van der Waals surface area contributed by atoms with Crippen LogP contribution in [0.1, 0.15) is 34.8 Å². The average Bonchev–Trinajstić information content (AvgIpc) is 2.77. The third-order valence-electron chi connectivity index (χ3n) is 2.78. The summed E-state index contributed by atoms with van der Waals surface area (Å²) in [5, 5.41) is 4.81. The van der Waals surface area contributed by atoms with Crippen LogP contribution in [-0.2, 0) is 6.54 Å². The fourth-order valence-corrected chi connectivity index (χ4v) is 2.10. The lowest BCUT2D eigenvalue weighted by Gasteiger charge is -2.03.